The van der Waals surface area contributed by atoms with Gasteiger partial charge in [-0.25, -0.2) is 8.42 Å². The van der Waals surface area contributed by atoms with E-state index in [0.29, 0.717) is 13.0 Å². The van der Waals surface area contributed by atoms with Crippen molar-refractivity contribution < 1.29 is 13.5 Å². The molecule has 0 heterocycles. The van der Waals surface area contributed by atoms with Crippen molar-refractivity contribution in [2.75, 3.05) is 25.4 Å². The number of hydrogen-bond donors (Lipinski definition) is 2. The molecule has 0 aliphatic carbocycles. The number of nitrogens with zero attached hydrogens (tertiary/aromatic N) is 1. The lowest BCUT2D eigenvalue weighted by molar-refractivity contribution is 0.252. The molecule has 7 heteroatoms. The maximum absolute atomic E-state index is 12.5. The first-order valence-corrected chi connectivity index (χ1v) is 7.92. The minimum Gasteiger partial charge on any atom is -0.398 e. The second kappa shape index (κ2) is 7.09. The fourth-order valence-electron chi connectivity index (χ4n) is 1.72. The van der Waals surface area contributed by atoms with Gasteiger partial charge in [-0.05, 0) is 18.6 Å². The van der Waals surface area contributed by atoms with Gasteiger partial charge in [0.05, 0.1) is 17.3 Å². The lowest BCUT2D eigenvalue weighted by Crippen LogP contribution is -2.35. The fourth-order valence-corrected chi connectivity index (χ4v) is 3.83. The van der Waals surface area contributed by atoms with Crippen LogP contribution in [0.15, 0.2) is 23.1 Å². The van der Waals surface area contributed by atoms with Crippen LogP contribution in [-0.4, -0.2) is 37.5 Å². The van der Waals surface area contributed by atoms with E-state index in [4.69, 9.17) is 22.4 Å². The molecule has 0 radical (unpaired) electrons. The summed E-state index contributed by atoms with van der Waals surface area (Å²) in [7, 11) is -3.78. The van der Waals surface area contributed by atoms with Crippen LogP contribution in [0.5, 0.6) is 0 Å². The second-order valence-electron chi connectivity index (χ2n) is 4.14. The van der Waals surface area contributed by atoms with E-state index in [9.17, 15) is 8.42 Å². The van der Waals surface area contributed by atoms with Crippen LogP contribution < -0.4 is 5.73 Å². The number of nitrogens with two attached hydrogens (primary N) is 1. The van der Waals surface area contributed by atoms with Crippen LogP contribution in [0.3, 0.4) is 0 Å². The van der Waals surface area contributed by atoms with Gasteiger partial charge >= 0.3 is 0 Å². The molecule has 1 aromatic carbocycles. The van der Waals surface area contributed by atoms with Crippen LogP contribution in [-0.2, 0) is 10.0 Å². The number of halogens is 1. The predicted octanol–water partition coefficient (Wildman–Crippen LogP) is 1.71. The number of aliphatic hydroxyl groups excluding tert-OH is 1. The Labute approximate surface area is 119 Å². The van der Waals surface area contributed by atoms with E-state index in [1.807, 2.05) is 6.92 Å². The van der Waals surface area contributed by atoms with Gasteiger partial charge in [-0.15, -0.1) is 0 Å². The third kappa shape index (κ3) is 3.82. The highest BCUT2D eigenvalue weighted by Gasteiger charge is 2.27. The van der Waals surface area contributed by atoms with E-state index in [1.165, 1.54) is 16.4 Å². The zero-order valence-electron chi connectivity index (χ0n) is 10.8. The van der Waals surface area contributed by atoms with Crippen molar-refractivity contribution in [2.45, 2.75) is 24.7 Å². The standard InChI is InChI=1S/C12H19ClN2O3S/c1-2-3-7-15(8-9-16)19(17,18)12-10(13)5-4-6-11(12)14/h4-6,16H,2-3,7-9,14H2,1H3. The molecular weight excluding hydrogens is 288 g/mol. The number of benzene rings is 1. The predicted molar refractivity (Wildman–Crippen MR) is 76.6 cm³/mol. The summed E-state index contributed by atoms with van der Waals surface area (Å²) in [5.41, 5.74) is 5.83. The molecule has 0 saturated heterocycles. The Kier molecular flexibility index (Phi) is 6.06. The summed E-state index contributed by atoms with van der Waals surface area (Å²) in [5, 5.41) is 9.11. The van der Waals surface area contributed by atoms with E-state index in [1.54, 1.807) is 6.07 Å². The Morgan fingerprint density at radius 3 is 2.58 bits per heavy atom. The van der Waals surface area contributed by atoms with Crippen LogP contribution in [0.25, 0.3) is 0 Å². The molecule has 0 unspecified atom stereocenters. The number of hydrogen-bond acceptors (Lipinski definition) is 4. The molecule has 19 heavy (non-hydrogen) atoms. The van der Waals surface area contributed by atoms with Crippen molar-refractivity contribution in [2.24, 2.45) is 0 Å². The largest absolute Gasteiger partial charge is 0.398 e. The summed E-state index contributed by atoms with van der Waals surface area (Å²) in [5.74, 6) is 0. The average Bonchev–Trinajstić information content (AvgIpc) is 2.33. The van der Waals surface area contributed by atoms with Gasteiger partial charge in [0.25, 0.3) is 0 Å². The van der Waals surface area contributed by atoms with Gasteiger partial charge in [0, 0.05) is 13.1 Å². The quantitative estimate of drug-likeness (QED) is 0.751. The van der Waals surface area contributed by atoms with Crippen molar-refractivity contribution in [3.05, 3.63) is 23.2 Å². The van der Waals surface area contributed by atoms with Gasteiger partial charge in [-0.3, -0.25) is 0 Å². The third-order valence-corrected chi connectivity index (χ3v) is 5.15. The van der Waals surface area contributed by atoms with Gasteiger partial charge in [-0.2, -0.15) is 4.31 Å². The fraction of sp³-hybridized carbons (Fsp3) is 0.500. The molecule has 1 aromatic rings. The number of nitrogen functional groups attached to an aromatic ring is 1. The van der Waals surface area contributed by atoms with Crippen LogP contribution >= 0.6 is 11.6 Å². The zero-order chi connectivity index (χ0) is 14.5. The third-order valence-electron chi connectivity index (χ3n) is 2.71. The van der Waals surface area contributed by atoms with Crippen molar-refractivity contribution in [1.29, 1.82) is 0 Å². The minimum atomic E-state index is -3.78. The maximum Gasteiger partial charge on any atom is 0.246 e. The molecule has 1 rings (SSSR count). The topological polar surface area (TPSA) is 83.6 Å². The van der Waals surface area contributed by atoms with Crippen molar-refractivity contribution in [3.63, 3.8) is 0 Å². The molecule has 0 fully saturated rings. The van der Waals surface area contributed by atoms with Crippen molar-refractivity contribution in [1.82, 2.24) is 4.31 Å². The number of sulfonamides is 1. The molecular formula is C12H19ClN2O3S. The van der Waals surface area contributed by atoms with Crippen molar-refractivity contribution >= 4 is 27.3 Å². The van der Waals surface area contributed by atoms with Gasteiger partial charge in [0.1, 0.15) is 4.90 Å². The molecule has 0 aliphatic rings. The summed E-state index contributed by atoms with van der Waals surface area (Å²) in [6.07, 6.45) is 1.57. The molecule has 0 saturated carbocycles. The molecule has 5 nitrogen and oxygen atoms in total. The summed E-state index contributed by atoms with van der Waals surface area (Å²) < 4.78 is 26.3. The van der Waals surface area contributed by atoms with Crippen LogP contribution in [0.1, 0.15) is 19.8 Å². The first kappa shape index (κ1) is 16.2. The Morgan fingerprint density at radius 2 is 2.05 bits per heavy atom. The van der Waals surface area contributed by atoms with E-state index in [2.05, 4.69) is 0 Å². The van der Waals surface area contributed by atoms with Crippen molar-refractivity contribution in [3.8, 4) is 0 Å². The van der Waals surface area contributed by atoms with Gasteiger partial charge in [0.15, 0.2) is 0 Å². The molecule has 0 atom stereocenters. The monoisotopic (exact) mass is 306 g/mol. The average molecular weight is 307 g/mol. The highest BCUT2D eigenvalue weighted by atomic mass is 35.5. The number of aliphatic hydroxyl groups is 1. The van der Waals surface area contributed by atoms with Gasteiger partial charge in [-0.1, -0.05) is 31.0 Å². The molecule has 0 spiro atoms. The van der Waals surface area contributed by atoms with Crippen LogP contribution in [0.4, 0.5) is 5.69 Å². The first-order chi connectivity index (χ1) is 8.95. The van der Waals surface area contributed by atoms with E-state index in [0.717, 1.165) is 6.42 Å². The summed E-state index contributed by atoms with van der Waals surface area (Å²) >= 11 is 5.94. The highest BCUT2D eigenvalue weighted by Crippen LogP contribution is 2.29. The van der Waals surface area contributed by atoms with Crippen LogP contribution in [0.2, 0.25) is 5.02 Å². The Bertz CT molecular complexity index is 499. The molecule has 3 N–H and O–H groups in total. The highest BCUT2D eigenvalue weighted by molar-refractivity contribution is 7.89. The van der Waals surface area contributed by atoms with E-state index < -0.39 is 10.0 Å². The molecule has 0 aliphatic heterocycles. The maximum atomic E-state index is 12.5. The number of rotatable bonds is 7. The summed E-state index contributed by atoms with van der Waals surface area (Å²) in [4.78, 5) is -0.0822. The lowest BCUT2D eigenvalue weighted by Gasteiger charge is -2.22. The van der Waals surface area contributed by atoms with Gasteiger partial charge < -0.3 is 10.8 Å². The molecule has 0 bridgehead atoms. The molecule has 108 valence electrons. The Morgan fingerprint density at radius 1 is 1.37 bits per heavy atom. The SMILES string of the molecule is CCCCN(CCO)S(=O)(=O)c1c(N)cccc1Cl. The van der Waals surface area contributed by atoms with E-state index >= 15 is 0 Å². The second-order valence-corrected chi connectivity index (χ2v) is 6.42. The Balaban J connectivity index is 3.19. The molecule has 0 amide bonds. The Hall–Kier alpha value is -0.820. The lowest BCUT2D eigenvalue weighted by atomic mass is 10.3. The first-order valence-electron chi connectivity index (χ1n) is 6.10. The van der Waals surface area contributed by atoms with Gasteiger partial charge in [0.2, 0.25) is 10.0 Å². The summed E-state index contributed by atoms with van der Waals surface area (Å²) in [6, 6.07) is 4.58. The number of unbranched alkanes of at least 4 members (excludes halogenated alkanes) is 1. The molecule has 0 aromatic heterocycles. The smallest absolute Gasteiger partial charge is 0.246 e. The van der Waals surface area contributed by atoms with E-state index in [-0.39, 0.29) is 28.8 Å². The normalized spacial score (nSPS) is 12.0. The van der Waals surface area contributed by atoms with Crippen LogP contribution in [0, 0.1) is 0 Å². The summed E-state index contributed by atoms with van der Waals surface area (Å²) in [6.45, 7) is 2.10. The minimum absolute atomic E-state index is 0.0347. The number of anilines is 1. The zero-order valence-corrected chi connectivity index (χ0v) is 12.4.